The summed E-state index contributed by atoms with van der Waals surface area (Å²) in [5, 5.41) is 8.98. The van der Waals surface area contributed by atoms with E-state index in [2.05, 4.69) is 17.9 Å². The van der Waals surface area contributed by atoms with Crippen molar-refractivity contribution < 1.29 is 19.4 Å². The normalized spacial score (nSPS) is 18.4. The van der Waals surface area contributed by atoms with Gasteiger partial charge in [0, 0.05) is 6.54 Å². The van der Waals surface area contributed by atoms with Gasteiger partial charge in [0.25, 0.3) is 5.91 Å². The van der Waals surface area contributed by atoms with Gasteiger partial charge >= 0.3 is 5.97 Å². The van der Waals surface area contributed by atoms with Crippen molar-refractivity contribution in [2.75, 3.05) is 18.0 Å². The summed E-state index contributed by atoms with van der Waals surface area (Å²) in [5.41, 5.74) is 1.91. The second-order valence-corrected chi connectivity index (χ2v) is 9.74. The van der Waals surface area contributed by atoms with Crippen LogP contribution in [0.2, 0.25) is 0 Å². The molecule has 1 N–H and O–H groups in total. The first-order chi connectivity index (χ1) is 15.9. The molecule has 3 rings (SSSR count). The Morgan fingerprint density at radius 1 is 1.15 bits per heavy atom. The predicted octanol–water partition coefficient (Wildman–Crippen LogP) is 5.86. The number of allylic oxidation sites excluding steroid dienone is 4. The van der Waals surface area contributed by atoms with Gasteiger partial charge in [0.1, 0.15) is 10.9 Å². The van der Waals surface area contributed by atoms with Gasteiger partial charge in [0.05, 0.1) is 10.6 Å². The van der Waals surface area contributed by atoms with Crippen LogP contribution in [0.4, 0.5) is 5.69 Å². The lowest BCUT2D eigenvalue weighted by Gasteiger charge is -2.18. The van der Waals surface area contributed by atoms with E-state index in [9.17, 15) is 9.59 Å². The van der Waals surface area contributed by atoms with Gasteiger partial charge < -0.3 is 14.7 Å². The summed E-state index contributed by atoms with van der Waals surface area (Å²) in [4.78, 5) is 27.2. The SMILES string of the molecule is CCCCCCCCN1C(=CC=C(C)C=C2SC(=S)N(CC(=O)O)C2=O)Oc2ccccc21. The maximum Gasteiger partial charge on any atom is 0.323 e. The van der Waals surface area contributed by atoms with Gasteiger partial charge in [-0.2, -0.15) is 0 Å². The van der Waals surface area contributed by atoms with Crippen LogP contribution in [0.15, 0.2) is 58.9 Å². The number of carboxylic acid groups (broad SMARTS) is 1. The maximum atomic E-state index is 12.5. The van der Waals surface area contributed by atoms with Crippen molar-refractivity contribution in [2.24, 2.45) is 0 Å². The van der Waals surface area contributed by atoms with Gasteiger partial charge in [0.2, 0.25) is 5.88 Å². The molecule has 0 radical (unpaired) electrons. The highest BCUT2D eigenvalue weighted by atomic mass is 32.2. The number of hydrogen-bond acceptors (Lipinski definition) is 6. The summed E-state index contributed by atoms with van der Waals surface area (Å²) in [6.07, 6.45) is 12.9. The molecule has 0 saturated carbocycles. The number of anilines is 1. The van der Waals surface area contributed by atoms with Crippen molar-refractivity contribution >= 4 is 45.9 Å². The Hall–Kier alpha value is -2.58. The van der Waals surface area contributed by atoms with Crippen molar-refractivity contribution in [1.82, 2.24) is 4.90 Å². The zero-order valence-electron chi connectivity index (χ0n) is 19.1. The fourth-order valence-corrected chi connectivity index (χ4v) is 4.99. The molecule has 0 spiro atoms. The smallest absolute Gasteiger partial charge is 0.323 e. The second kappa shape index (κ2) is 12.0. The van der Waals surface area contributed by atoms with Crippen molar-refractivity contribution in [2.45, 2.75) is 52.4 Å². The predicted molar refractivity (Wildman–Crippen MR) is 137 cm³/mol. The quantitative estimate of drug-likeness (QED) is 0.239. The molecule has 1 aromatic carbocycles. The minimum Gasteiger partial charge on any atom is -0.480 e. The molecule has 2 aliphatic heterocycles. The van der Waals surface area contributed by atoms with Gasteiger partial charge in [-0.1, -0.05) is 81.2 Å². The molecule has 1 aromatic rings. The molecular formula is C25H30N2O4S2. The number of amides is 1. The van der Waals surface area contributed by atoms with Crippen molar-refractivity contribution in [1.29, 1.82) is 0 Å². The minimum absolute atomic E-state index is 0.263. The summed E-state index contributed by atoms with van der Waals surface area (Å²) in [7, 11) is 0. The lowest BCUT2D eigenvalue weighted by molar-refractivity contribution is -0.140. The first kappa shape index (κ1) is 25.1. The molecule has 0 bridgehead atoms. The fourth-order valence-electron chi connectivity index (χ4n) is 3.69. The third-order valence-electron chi connectivity index (χ3n) is 5.39. The summed E-state index contributed by atoms with van der Waals surface area (Å²) in [6, 6.07) is 8.01. The highest BCUT2D eigenvalue weighted by Crippen LogP contribution is 2.39. The van der Waals surface area contributed by atoms with Crippen molar-refractivity contribution in [3.05, 3.63) is 58.9 Å². The number of hydrogen-bond donors (Lipinski definition) is 1. The molecule has 33 heavy (non-hydrogen) atoms. The zero-order valence-corrected chi connectivity index (χ0v) is 20.7. The van der Waals surface area contributed by atoms with Crippen molar-refractivity contribution in [3.8, 4) is 5.75 Å². The average molecular weight is 487 g/mol. The van der Waals surface area contributed by atoms with E-state index in [0.29, 0.717) is 4.91 Å². The van der Waals surface area contributed by atoms with E-state index in [-0.39, 0.29) is 10.2 Å². The number of fused-ring (bicyclic) bond motifs is 1. The largest absolute Gasteiger partial charge is 0.480 e. The number of benzene rings is 1. The number of thiocarbonyl (C=S) groups is 1. The molecule has 2 aliphatic rings. The highest BCUT2D eigenvalue weighted by molar-refractivity contribution is 8.26. The number of unbranched alkanes of at least 4 members (excludes halogenated alkanes) is 5. The molecule has 0 aliphatic carbocycles. The van der Waals surface area contributed by atoms with Crippen LogP contribution in [0.25, 0.3) is 0 Å². The Kier molecular flexibility index (Phi) is 9.14. The topological polar surface area (TPSA) is 70.1 Å². The summed E-state index contributed by atoms with van der Waals surface area (Å²) in [6.45, 7) is 4.58. The molecule has 6 nitrogen and oxygen atoms in total. The van der Waals surface area contributed by atoms with E-state index in [1.807, 2.05) is 37.3 Å². The maximum absolute atomic E-state index is 12.5. The minimum atomic E-state index is -1.09. The zero-order chi connectivity index (χ0) is 23.8. The van der Waals surface area contributed by atoms with E-state index in [1.165, 1.54) is 32.1 Å². The van der Waals surface area contributed by atoms with E-state index in [0.717, 1.165) is 52.5 Å². The third kappa shape index (κ3) is 6.71. The van der Waals surface area contributed by atoms with Crippen LogP contribution in [0.5, 0.6) is 5.75 Å². The van der Waals surface area contributed by atoms with Crippen LogP contribution in [0, 0.1) is 0 Å². The Morgan fingerprint density at radius 3 is 2.64 bits per heavy atom. The standard InChI is InChI=1S/C25H30N2O4S2/c1-3-4-5-6-7-10-15-26-19-11-8-9-12-20(19)31-22(26)14-13-18(2)16-21-24(30)27(17-23(28)29)25(32)33-21/h8-9,11-14,16H,3-7,10,15,17H2,1-2H3,(H,28,29). The summed E-state index contributed by atoms with van der Waals surface area (Å²) in [5.74, 6) is 0.140. The van der Waals surface area contributed by atoms with E-state index in [1.54, 1.807) is 6.08 Å². The molecule has 8 heteroatoms. The van der Waals surface area contributed by atoms with Crippen LogP contribution < -0.4 is 9.64 Å². The molecule has 0 atom stereocenters. The Balaban J connectivity index is 1.69. The first-order valence-electron chi connectivity index (χ1n) is 11.3. The molecule has 1 amide bonds. The Morgan fingerprint density at radius 2 is 1.88 bits per heavy atom. The Labute approximate surface area is 205 Å². The third-order valence-corrected chi connectivity index (χ3v) is 6.76. The Bertz CT molecular complexity index is 1000. The molecule has 2 heterocycles. The first-order valence-corrected chi connectivity index (χ1v) is 12.5. The van der Waals surface area contributed by atoms with Gasteiger partial charge in [0.15, 0.2) is 5.75 Å². The summed E-state index contributed by atoms with van der Waals surface area (Å²) < 4.78 is 6.35. The molecule has 0 unspecified atom stereocenters. The van der Waals surface area contributed by atoms with Crippen LogP contribution in [-0.4, -0.2) is 39.3 Å². The number of thioether (sulfide) groups is 1. The molecular weight excluding hydrogens is 456 g/mol. The summed E-state index contributed by atoms with van der Waals surface area (Å²) >= 11 is 6.28. The van der Waals surface area contributed by atoms with E-state index >= 15 is 0 Å². The van der Waals surface area contributed by atoms with Crippen LogP contribution >= 0.6 is 24.0 Å². The highest BCUT2D eigenvalue weighted by Gasteiger charge is 2.33. The number of rotatable bonds is 11. The van der Waals surface area contributed by atoms with Gasteiger partial charge in [-0.05, 0) is 43.2 Å². The monoisotopic (exact) mass is 486 g/mol. The molecule has 176 valence electrons. The lowest BCUT2D eigenvalue weighted by Crippen LogP contribution is -2.33. The number of carbonyl (C=O) groups is 2. The number of ether oxygens (including phenoxy) is 1. The second-order valence-electron chi connectivity index (χ2n) is 8.07. The van der Waals surface area contributed by atoms with Gasteiger partial charge in [-0.25, -0.2) is 0 Å². The van der Waals surface area contributed by atoms with Crippen molar-refractivity contribution in [3.63, 3.8) is 0 Å². The number of nitrogens with zero attached hydrogens (tertiary/aromatic N) is 2. The van der Waals surface area contributed by atoms with Crippen LogP contribution in [0.1, 0.15) is 52.4 Å². The number of carbonyl (C=O) groups excluding carboxylic acids is 1. The number of carboxylic acids is 1. The lowest BCUT2D eigenvalue weighted by atomic mass is 10.1. The molecule has 1 fully saturated rings. The molecule has 0 aromatic heterocycles. The van der Waals surface area contributed by atoms with Crippen LogP contribution in [0.3, 0.4) is 0 Å². The van der Waals surface area contributed by atoms with Gasteiger partial charge in [-0.15, -0.1) is 0 Å². The van der Waals surface area contributed by atoms with Crippen LogP contribution in [-0.2, 0) is 9.59 Å². The van der Waals surface area contributed by atoms with E-state index in [4.69, 9.17) is 22.1 Å². The number of aliphatic carboxylic acids is 1. The molecule has 1 saturated heterocycles. The fraction of sp³-hybridized carbons (Fsp3) is 0.400. The average Bonchev–Trinajstić information content (AvgIpc) is 3.26. The van der Waals surface area contributed by atoms with E-state index < -0.39 is 12.5 Å². The number of para-hydroxylation sites is 2. The van der Waals surface area contributed by atoms with Gasteiger partial charge in [-0.3, -0.25) is 14.5 Å².